The molecule has 0 spiro atoms. The first-order valence-corrected chi connectivity index (χ1v) is 12.7. The lowest BCUT2D eigenvalue weighted by Crippen LogP contribution is -2.34. The van der Waals surface area contributed by atoms with Gasteiger partial charge in [0.25, 0.3) is 5.91 Å². The summed E-state index contributed by atoms with van der Waals surface area (Å²) < 4.78 is 2.11. The van der Waals surface area contributed by atoms with Gasteiger partial charge >= 0.3 is 0 Å². The van der Waals surface area contributed by atoms with Gasteiger partial charge in [-0.1, -0.05) is 49.6 Å². The second-order valence-electron chi connectivity index (χ2n) is 9.28. The molecule has 6 nitrogen and oxygen atoms in total. The number of unbranched alkanes of at least 4 members (excludes halogenated alkanes) is 2. The molecule has 1 aromatic heterocycles. The Morgan fingerprint density at radius 2 is 1.65 bits per heavy atom. The molecule has 0 aliphatic carbocycles. The summed E-state index contributed by atoms with van der Waals surface area (Å²) in [5.41, 5.74) is 3.72. The highest BCUT2D eigenvalue weighted by Gasteiger charge is 2.19. The number of likely N-dealkylation sites (tertiary alicyclic amines) is 1. The van der Waals surface area contributed by atoms with Gasteiger partial charge in [-0.05, 0) is 56.4 Å². The van der Waals surface area contributed by atoms with Crippen LogP contribution in [-0.4, -0.2) is 45.9 Å². The molecule has 1 fully saturated rings. The Kier molecular flexibility index (Phi) is 8.34. The Morgan fingerprint density at radius 1 is 0.912 bits per heavy atom. The number of amides is 2. The summed E-state index contributed by atoms with van der Waals surface area (Å²) in [5, 5.41) is 3.03. The van der Waals surface area contributed by atoms with E-state index in [-0.39, 0.29) is 11.8 Å². The first-order valence-electron chi connectivity index (χ1n) is 12.7. The first kappa shape index (κ1) is 24.0. The number of fused-ring (bicyclic) bond motifs is 1. The molecule has 180 valence electrons. The molecule has 1 aliphatic rings. The fraction of sp³-hybridized carbons (Fsp3) is 0.464. The summed E-state index contributed by atoms with van der Waals surface area (Å²) >= 11 is 0. The van der Waals surface area contributed by atoms with Gasteiger partial charge in [-0.15, -0.1) is 0 Å². The number of carbonyl (C=O) groups excluding carboxylic acids is 2. The topological polar surface area (TPSA) is 67.2 Å². The van der Waals surface area contributed by atoms with Crippen LogP contribution in [0.25, 0.3) is 11.0 Å². The van der Waals surface area contributed by atoms with E-state index < -0.39 is 0 Å². The average Bonchev–Trinajstić information content (AvgIpc) is 3.00. The third-order valence-electron chi connectivity index (χ3n) is 6.74. The summed E-state index contributed by atoms with van der Waals surface area (Å²) in [6.07, 6.45) is 8.35. The van der Waals surface area contributed by atoms with E-state index in [2.05, 4.69) is 16.0 Å². The molecule has 0 saturated carbocycles. The maximum atomic E-state index is 13.1. The lowest BCUT2D eigenvalue weighted by atomic mass is 10.1. The van der Waals surface area contributed by atoms with Crippen LogP contribution in [0.4, 0.5) is 0 Å². The molecule has 1 aliphatic heterocycles. The Labute approximate surface area is 202 Å². The fourth-order valence-electron chi connectivity index (χ4n) is 4.76. The van der Waals surface area contributed by atoms with Gasteiger partial charge in [0.1, 0.15) is 12.4 Å². The monoisotopic (exact) mass is 460 g/mol. The van der Waals surface area contributed by atoms with Crippen LogP contribution in [0.1, 0.15) is 66.7 Å². The third-order valence-corrected chi connectivity index (χ3v) is 6.74. The summed E-state index contributed by atoms with van der Waals surface area (Å²) in [7, 11) is 0. The van der Waals surface area contributed by atoms with Gasteiger partial charge in [-0.2, -0.15) is 0 Å². The van der Waals surface area contributed by atoms with Gasteiger partial charge < -0.3 is 14.8 Å². The van der Waals surface area contributed by atoms with Crippen molar-refractivity contribution in [3.05, 3.63) is 65.5 Å². The molecule has 0 bridgehead atoms. The summed E-state index contributed by atoms with van der Waals surface area (Å²) in [6.45, 7) is 4.72. The van der Waals surface area contributed by atoms with Gasteiger partial charge in [-0.3, -0.25) is 9.59 Å². The first-order chi connectivity index (χ1) is 16.6. The molecule has 1 N–H and O–H groups in total. The zero-order valence-corrected chi connectivity index (χ0v) is 20.3. The van der Waals surface area contributed by atoms with E-state index in [0.717, 1.165) is 79.6 Å². The van der Waals surface area contributed by atoms with Crippen LogP contribution in [-0.2, 0) is 17.8 Å². The number of para-hydroxylation sites is 2. The third kappa shape index (κ3) is 6.04. The molecule has 2 aromatic carbocycles. The molecule has 34 heavy (non-hydrogen) atoms. The molecule has 3 aromatic rings. The average molecular weight is 461 g/mol. The van der Waals surface area contributed by atoms with Crippen molar-refractivity contribution in [1.29, 1.82) is 0 Å². The minimum absolute atomic E-state index is 0.00748. The molecular formula is C28H36N4O2. The Bertz CT molecular complexity index is 1110. The van der Waals surface area contributed by atoms with Gasteiger partial charge in [0.15, 0.2) is 0 Å². The summed E-state index contributed by atoms with van der Waals surface area (Å²) in [6, 6.07) is 15.7. The predicted octanol–water partition coefficient (Wildman–Crippen LogP) is 4.89. The quantitative estimate of drug-likeness (QED) is 0.462. The zero-order valence-electron chi connectivity index (χ0n) is 20.3. The molecular weight excluding hydrogens is 424 g/mol. The normalized spacial score (nSPS) is 14.2. The molecule has 1 saturated heterocycles. The number of aromatic nitrogens is 2. The van der Waals surface area contributed by atoms with E-state index >= 15 is 0 Å². The van der Waals surface area contributed by atoms with Crippen molar-refractivity contribution in [3.63, 3.8) is 0 Å². The fourth-order valence-corrected chi connectivity index (χ4v) is 4.76. The Balaban J connectivity index is 1.31. The number of nitrogens with zero attached hydrogens (tertiary/aromatic N) is 3. The number of nitrogens with one attached hydrogen (secondary N) is 1. The molecule has 0 radical (unpaired) electrons. The number of benzene rings is 2. The molecule has 6 heteroatoms. The van der Waals surface area contributed by atoms with Crippen LogP contribution < -0.4 is 5.32 Å². The van der Waals surface area contributed by atoms with Crippen molar-refractivity contribution in [2.75, 3.05) is 19.6 Å². The second kappa shape index (κ2) is 11.8. The number of rotatable bonds is 9. The number of hydrogen-bond acceptors (Lipinski definition) is 3. The van der Waals surface area contributed by atoms with E-state index in [4.69, 9.17) is 4.98 Å². The van der Waals surface area contributed by atoms with Crippen LogP contribution in [0.5, 0.6) is 0 Å². The predicted molar refractivity (Wildman–Crippen MR) is 136 cm³/mol. The highest BCUT2D eigenvalue weighted by molar-refractivity contribution is 5.95. The van der Waals surface area contributed by atoms with Crippen molar-refractivity contribution < 1.29 is 9.59 Å². The van der Waals surface area contributed by atoms with E-state index in [1.165, 1.54) is 12.8 Å². The lowest BCUT2D eigenvalue weighted by Gasteiger charge is -2.21. The van der Waals surface area contributed by atoms with Crippen LogP contribution in [0.3, 0.4) is 0 Å². The van der Waals surface area contributed by atoms with Crippen LogP contribution in [0, 0.1) is 6.92 Å². The van der Waals surface area contributed by atoms with E-state index in [1.807, 2.05) is 54.3 Å². The largest absolute Gasteiger partial charge is 0.352 e. The maximum Gasteiger partial charge on any atom is 0.251 e. The molecule has 0 unspecified atom stereocenters. The molecule has 0 atom stereocenters. The minimum atomic E-state index is -0.00748. The van der Waals surface area contributed by atoms with Crippen LogP contribution >= 0.6 is 0 Å². The van der Waals surface area contributed by atoms with Crippen molar-refractivity contribution in [3.8, 4) is 0 Å². The standard InChI is InChI=1S/C28H36N4O2/c1-22-13-6-7-14-23(22)28(34)29-18-10-4-5-17-26-30-24-15-8-9-16-25(24)32(26)21-27(33)31-19-11-2-3-12-20-31/h6-9,13-16H,2-5,10-12,17-21H2,1H3,(H,29,34). The van der Waals surface area contributed by atoms with Crippen LogP contribution in [0.2, 0.25) is 0 Å². The highest BCUT2D eigenvalue weighted by atomic mass is 16.2. The van der Waals surface area contributed by atoms with E-state index in [9.17, 15) is 9.59 Å². The van der Waals surface area contributed by atoms with Gasteiger partial charge in [0, 0.05) is 31.6 Å². The highest BCUT2D eigenvalue weighted by Crippen LogP contribution is 2.19. The second-order valence-corrected chi connectivity index (χ2v) is 9.28. The SMILES string of the molecule is Cc1ccccc1C(=O)NCCCCCc1nc2ccccc2n1CC(=O)N1CCCCCC1. The number of carbonyl (C=O) groups is 2. The van der Waals surface area contributed by atoms with Gasteiger partial charge in [0.05, 0.1) is 11.0 Å². The summed E-state index contributed by atoms with van der Waals surface area (Å²) in [4.78, 5) is 32.3. The molecule has 2 amide bonds. The number of aryl methyl sites for hydroxylation is 2. The van der Waals surface area contributed by atoms with Crippen molar-refractivity contribution in [1.82, 2.24) is 19.8 Å². The van der Waals surface area contributed by atoms with E-state index in [0.29, 0.717) is 13.1 Å². The summed E-state index contributed by atoms with van der Waals surface area (Å²) in [5.74, 6) is 1.17. The Morgan fingerprint density at radius 3 is 2.44 bits per heavy atom. The van der Waals surface area contributed by atoms with Crippen LogP contribution in [0.15, 0.2) is 48.5 Å². The van der Waals surface area contributed by atoms with Gasteiger partial charge in [0.2, 0.25) is 5.91 Å². The van der Waals surface area contributed by atoms with Gasteiger partial charge in [-0.25, -0.2) is 4.98 Å². The maximum absolute atomic E-state index is 13.1. The minimum Gasteiger partial charge on any atom is -0.352 e. The molecule has 4 rings (SSSR count). The van der Waals surface area contributed by atoms with Crippen molar-refractivity contribution >= 4 is 22.8 Å². The number of imidazole rings is 1. The smallest absolute Gasteiger partial charge is 0.251 e. The van der Waals surface area contributed by atoms with E-state index in [1.54, 1.807) is 0 Å². The van der Waals surface area contributed by atoms with Crippen molar-refractivity contribution in [2.45, 2.75) is 64.8 Å². The number of hydrogen-bond donors (Lipinski definition) is 1. The van der Waals surface area contributed by atoms with Crippen molar-refractivity contribution in [2.24, 2.45) is 0 Å². The Hall–Kier alpha value is -3.15. The molecule has 2 heterocycles. The zero-order chi connectivity index (χ0) is 23.8. The lowest BCUT2D eigenvalue weighted by molar-refractivity contribution is -0.131.